The smallest absolute Gasteiger partial charge is 0.245 e. The lowest BCUT2D eigenvalue weighted by atomic mass is 9.83. The zero-order chi connectivity index (χ0) is 17.8. The van der Waals surface area contributed by atoms with Crippen LogP contribution in [0.4, 0.5) is 35.1 Å². The first kappa shape index (κ1) is 18.7. The Morgan fingerprint density at radius 2 is 1.39 bits per heavy atom. The number of fused-ring (bicyclic) bond motifs is 2. The van der Waals surface area contributed by atoms with Crippen molar-refractivity contribution in [1.29, 1.82) is 0 Å². The minimum atomic E-state index is -6.30. The molecule has 0 aromatic heterocycles. The van der Waals surface area contributed by atoms with Crippen LogP contribution in [0.5, 0.6) is 0 Å². The summed E-state index contributed by atoms with van der Waals surface area (Å²) < 4.78 is 129. The Balaban J connectivity index is 2.23. The third kappa shape index (κ3) is 2.92. The molecule has 23 heavy (non-hydrogen) atoms. The van der Waals surface area contributed by atoms with Gasteiger partial charge in [0.2, 0.25) is 10.7 Å². The molecule has 0 radical (unpaired) electrons. The van der Waals surface area contributed by atoms with Crippen molar-refractivity contribution < 1.29 is 48.3 Å². The number of hydrogen-bond acceptors (Lipinski definition) is 3. The maximum atomic E-state index is 13.9. The summed E-state index contributed by atoms with van der Waals surface area (Å²) in [5.41, 5.74) is 0. The third-order valence-corrected chi connectivity index (χ3v) is 5.15. The average Bonchev–Trinajstić information content (AvgIpc) is 2.98. The minimum absolute atomic E-state index is 0.208. The Morgan fingerprint density at radius 1 is 0.826 bits per heavy atom. The summed E-state index contributed by atoms with van der Waals surface area (Å²) in [5.74, 6) is -8.19. The van der Waals surface area contributed by atoms with E-state index in [9.17, 15) is 43.5 Å². The second-order valence-corrected chi connectivity index (χ2v) is 6.91. The maximum Gasteiger partial charge on any atom is 0.439 e. The van der Waals surface area contributed by atoms with Crippen molar-refractivity contribution in [3.05, 3.63) is 0 Å². The number of rotatable bonds is 6. The minimum Gasteiger partial charge on any atom is -0.245 e. The number of halogens is 8. The van der Waals surface area contributed by atoms with Crippen molar-refractivity contribution in [1.82, 2.24) is 0 Å². The van der Waals surface area contributed by atoms with Crippen molar-refractivity contribution in [3.8, 4) is 0 Å². The lowest BCUT2D eigenvalue weighted by Gasteiger charge is -2.36. The molecule has 0 aliphatic heterocycles. The topological polar surface area (TPSA) is 43.4 Å². The van der Waals surface area contributed by atoms with Crippen LogP contribution in [0.25, 0.3) is 0 Å². The molecule has 2 rings (SSSR count). The van der Waals surface area contributed by atoms with E-state index < -0.39 is 45.9 Å². The van der Waals surface area contributed by atoms with Gasteiger partial charge in [0.15, 0.2) is 0 Å². The van der Waals surface area contributed by atoms with Crippen LogP contribution in [0.15, 0.2) is 0 Å². The normalized spacial score (nSPS) is 29.5. The van der Waals surface area contributed by atoms with Gasteiger partial charge in [-0.1, -0.05) is 6.42 Å². The van der Waals surface area contributed by atoms with Gasteiger partial charge in [-0.05, 0) is 31.1 Å². The number of hydrogen-bond donors (Lipinski definition) is 1. The van der Waals surface area contributed by atoms with E-state index >= 15 is 0 Å². The van der Waals surface area contributed by atoms with Crippen LogP contribution in [-0.2, 0) is 15.4 Å². The molecule has 2 fully saturated rings. The van der Waals surface area contributed by atoms with Gasteiger partial charge in [0.25, 0.3) is 0 Å². The molecule has 2 aliphatic carbocycles. The second-order valence-electron chi connectivity index (χ2n) is 5.84. The Kier molecular flexibility index (Phi) is 4.41. The first-order chi connectivity index (χ1) is 10.2. The maximum absolute atomic E-state index is 13.9. The van der Waals surface area contributed by atoms with Crippen LogP contribution in [0.2, 0.25) is 0 Å². The fraction of sp³-hybridized carbons (Fsp3) is 1.00. The van der Waals surface area contributed by atoms with Crippen molar-refractivity contribution in [2.75, 3.05) is 0 Å². The predicted molar refractivity (Wildman–Crippen MR) is 60.1 cm³/mol. The summed E-state index contributed by atoms with van der Waals surface area (Å²) in [4.78, 5) is 0. The molecule has 0 saturated heterocycles. The monoisotopic (exact) mass is 376 g/mol. The van der Waals surface area contributed by atoms with E-state index in [-0.39, 0.29) is 25.2 Å². The van der Waals surface area contributed by atoms with Gasteiger partial charge in [-0.3, -0.25) is 0 Å². The third-order valence-electron chi connectivity index (χ3n) is 4.43. The van der Waals surface area contributed by atoms with E-state index in [1.165, 1.54) is 0 Å². The summed E-state index contributed by atoms with van der Waals surface area (Å²) in [6.45, 7) is 0. The highest BCUT2D eigenvalue weighted by atomic mass is 32.2. The summed E-state index contributed by atoms with van der Waals surface area (Å²) in [5, 5.41) is -6.05. The molecule has 3 unspecified atom stereocenters. The van der Waals surface area contributed by atoms with E-state index in [1.807, 2.05) is 0 Å². The van der Waals surface area contributed by atoms with E-state index in [2.05, 4.69) is 4.74 Å². The van der Waals surface area contributed by atoms with Crippen LogP contribution in [0.3, 0.4) is 0 Å². The molecule has 0 amide bonds. The molecular weight excluding hydrogens is 364 g/mol. The summed E-state index contributed by atoms with van der Waals surface area (Å²) >= 11 is 0. The van der Waals surface area contributed by atoms with Crippen molar-refractivity contribution in [3.63, 3.8) is 0 Å². The van der Waals surface area contributed by atoms with Gasteiger partial charge < -0.3 is 0 Å². The van der Waals surface area contributed by atoms with Gasteiger partial charge in [-0.15, -0.1) is 0 Å². The van der Waals surface area contributed by atoms with E-state index in [4.69, 9.17) is 0 Å². The highest BCUT2D eigenvalue weighted by molar-refractivity contribution is 7.73. The highest BCUT2D eigenvalue weighted by Gasteiger charge is 2.73. The molecule has 12 heteroatoms. The predicted octanol–water partition coefficient (Wildman–Crippen LogP) is 3.46. The SMILES string of the molecule is O=[SH](=O)C(F)(F)C(F)(F)OC(F)(F)C(F)(F)C1CC2CCC1C2. The van der Waals surface area contributed by atoms with Gasteiger partial charge in [-0.25, -0.2) is 13.2 Å². The van der Waals surface area contributed by atoms with Gasteiger partial charge in [0, 0.05) is 5.92 Å². The molecule has 3 atom stereocenters. The van der Waals surface area contributed by atoms with Gasteiger partial charge in [-0.2, -0.15) is 35.1 Å². The van der Waals surface area contributed by atoms with E-state index in [0.29, 0.717) is 6.42 Å². The molecule has 2 saturated carbocycles. The molecule has 0 heterocycles. The molecular formula is C11H12F8O3S. The van der Waals surface area contributed by atoms with Crippen molar-refractivity contribution >= 4 is 10.7 Å². The van der Waals surface area contributed by atoms with Crippen molar-refractivity contribution in [2.24, 2.45) is 17.8 Å². The Bertz CT molecular complexity index is 539. The van der Waals surface area contributed by atoms with E-state index in [1.54, 1.807) is 0 Å². The average molecular weight is 376 g/mol. The number of ether oxygens (including phenoxy) is 1. The van der Waals surface area contributed by atoms with Crippen LogP contribution >= 0.6 is 0 Å². The summed E-state index contributed by atoms with van der Waals surface area (Å²) in [6, 6.07) is 0. The summed E-state index contributed by atoms with van der Waals surface area (Å²) in [7, 11) is -5.22. The fourth-order valence-electron chi connectivity index (χ4n) is 3.30. The quantitative estimate of drug-likeness (QED) is 0.570. The molecule has 0 N–H and O–H groups in total. The number of alkyl halides is 8. The first-order valence-corrected chi connectivity index (χ1v) is 7.76. The van der Waals surface area contributed by atoms with Gasteiger partial charge in [0.1, 0.15) is 0 Å². The molecule has 0 aromatic carbocycles. The molecule has 0 spiro atoms. The van der Waals surface area contributed by atoms with Crippen LogP contribution in [-0.4, -0.2) is 31.8 Å². The summed E-state index contributed by atoms with van der Waals surface area (Å²) in [6.07, 6.45) is -11.6. The Morgan fingerprint density at radius 3 is 1.78 bits per heavy atom. The van der Waals surface area contributed by atoms with Crippen molar-refractivity contribution in [2.45, 2.75) is 49.1 Å². The molecule has 2 bridgehead atoms. The van der Waals surface area contributed by atoms with Gasteiger partial charge >= 0.3 is 23.4 Å². The number of thiol groups is 1. The Labute approximate surface area is 126 Å². The van der Waals surface area contributed by atoms with Crippen LogP contribution < -0.4 is 0 Å². The molecule has 0 aromatic rings. The molecule has 2 aliphatic rings. The fourth-order valence-corrected chi connectivity index (χ4v) is 3.56. The Hall–Kier alpha value is -0.650. The van der Waals surface area contributed by atoms with E-state index in [0.717, 1.165) is 0 Å². The standard InChI is InChI=1S/C11H12F8O3S/c12-8(13,7-4-5-1-2-6(7)3-5)9(14,15)22-10(16,17)11(18,19)23(20)21/h5-7,23H,1-4H2. The molecule has 3 nitrogen and oxygen atoms in total. The second kappa shape index (κ2) is 5.43. The lowest BCUT2D eigenvalue weighted by Crippen LogP contribution is -2.56. The van der Waals surface area contributed by atoms with Gasteiger partial charge in [0.05, 0.1) is 0 Å². The zero-order valence-corrected chi connectivity index (χ0v) is 12.2. The van der Waals surface area contributed by atoms with Crippen LogP contribution in [0, 0.1) is 17.8 Å². The highest BCUT2D eigenvalue weighted by Crippen LogP contribution is 2.58. The zero-order valence-electron chi connectivity index (χ0n) is 11.3. The lowest BCUT2D eigenvalue weighted by molar-refractivity contribution is -0.462. The van der Waals surface area contributed by atoms with Crippen LogP contribution in [0.1, 0.15) is 25.7 Å². The largest absolute Gasteiger partial charge is 0.439 e. The first-order valence-electron chi connectivity index (χ1n) is 6.58. The molecule has 136 valence electrons.